The van der Waals surface area contributed by atoms with Gasteiger partial charge in [-0.1, -0.05) is 6.07 Å². The van der Waals surface area contributed by atoms with Crippen LogP contribution < -0.4 is 5.32 Å². The highest BCUT2D eigenvalue weighted by molar-refractivity contribution is 5.27. The molecule has 0 fully saturated rings. The standard InChI is InChI=1S/C14H20N4/c1-11-12(9-16-14(2,3)4)10-17-18(11)13-7-5-6-8-15-13/h5-8,10,16H,9H2,1-4H3. The van der Waals surface area contributed by atoms with E-state index in [2.05, 4.69) is 43.1 Å². The normalized spacial score (nSPS) is 11.8. The van der Waals surface area contributed by atoms with Gasteiger partial charge in [0, 0.05) is 29.5 Å². The van der Waals surface area contributed by atoms with Gasteiger partial charge in [0.25, 0.3) is 0 Å². The molecule has 2 rings (SSSR count). The van der Waals surface area contributed by atoms with Gasteiger partial charge in [0.1, 0.15) is 0 Å². The maximum Gasteiger partial charge on any atom is 0.153 e. The van der Waals surface area contributed by atoms with E-state index >= 15 is 0 Å². The van der Waals surface area contributed by atoms with E-state index in [0.717, 1.165) is 18.1 Å². The number of aromatic nitrogens is 3. The van der Waals surface area contributed by atoms with Gasteiger partial charge in [0.15, 0.2) is 5.82 Å². The van der Waals surface area contributed by atoms with Crippen molar-refractivity contribution < 1.29 is 0 Å². The Morgan fingerprint density at radius 1 is 1.28 bits per heavy atom. The summed E-state index contributed by atoms with van der Waals surface area (Å²) in [7, 11) is 0. The fraction of sp³-hybridized carbons (Fsp3) is 0.429. The predicted octanol–water partition coefficient (Wildman–Crippen LogP) is 2.46. The van der Waals surface area contributed by atoms with Crippen LogP contribution in [0.15, 0.2) is 30.6 Å². The van der Waals surface area contributed by atoms with E-state index in [1.165, 1.54) is 5.56 Å². The van der Waals surface area contributed by atoms with Crippen LogP contribution in [0.3, 0.4) is 0 Å². The first kappa shape index (κ1) is 12.8. The Morgan fingerprint density at radius 3 is 2.67 bits per heavy atom. The molecular weight excluding hydrogens is 224 g/mol. The Morgan fingerprint density at radius 2 is 2.06 bits per heavy atom. The van der Waals surface area contributed by atoms with Crippen LogP contribution in [-0.2, 0) is 6.54 Å². The largest absolute Gasteiger partial charge is 0.308 e. The first-order chi connectivity index (χ1) is 8.47. The molecule has 0 amide bonds. The Labute approximate surface area is 108 Å². The van der Waals surface area contributed by atoms with Crippen molar-refractivity contribution in [3.8, 4) is 5.82 Å². The van der Waals surface area contributed by atoms with Gasteiger partial charge in [0.05, 0.1) is 6.20 Å². The van der Waals surface area contributed by atoms with Crippen LogP contribution >= 0.6 is 0 Å². The highest BCUT2D eigenvalue weighted by Gasteiger charge is 2.12. The van der Waals surface area contributed by atoms with Crippen LogP contribution in [-0.4, -0.2) is 20.3 Å². The van der Waals surface area contributed by atoms with Crippen LogP contribution in [0.1, 0.15) is 32.0 Å². The van der Waals surface area contributed by atoms with E-state index < -0.39 is 0 Å². The molecule has 0 aliphatic carbocycles. The summed E-state index contributed by atoms with van der Waals surface area (Å²) in [5.74, 6) is 0.858. The molecule has 2 aromatic rings. The highest BCUT2D eigenvalue weighted by Crippen LogP contribution is 2.13. The minimum absolute atomic E-state index is 0.111. The molecule has 0 aliphatic heterocycles. The molecule has 0 saturated heterocycles. The molecule has 96 valence electrons. The van der Waals surface area contributed by atoms with Gasteiger partial charge in [-0.15, -0.1) is 0 Å². The molecule has 1 N–H and O–H groups in total. The molecule has 2 heterocycles. The van der Waals surface area contributed by atoms with Crippen molar-refractivity contribution in [2.75, 3.05) is 0 Å². The van der Waals surface area contributed by atoms with Gasteiger partial charge in [-0.05, 0) is 39.8 Å². The monoisotopic (exact) mass is 244 g/mol. The van der Waals surface area contributed by atoms with Gasteiger partial charge in [-0.25, -0.2) is 9.67 Å². The summed E-state index contributed by atoms with van der Waals surface area (Å²) in [6, 6.07) is 5.84. The first-order valence-corrected chi connectivity index (χ1v) is 6.17. The van der Waals surface area contributed by atoms with Crippen LogP contribution in [0.4, 0.5) is 0 Å². The summed E-state index contributed by atoms with van der Waals surface area (Å²) < 4.78 is 1.87. The topological polar surface area (TPSA) is 42.7 Å². The van der Waals surface area contributed by atoms with Gasteiger partial charge < -0.3 is 5.32 Å². The molecule has 0 aliphatic rings. The zero-order valence-corrected chi connectivity index (χ0v) is 11.4. The molecular formula is C14H20N4. The van der Waals surface area contributed by atoms with Crippen molar-refractivity contribution in [1.82, 2.24) is 20.1 Å². The number of hydrogen-bond donors (Lipinski definition) is 1. The molecule has 2 aromatic heterocycles. The molecule has 18 heavy (non-hydrogen) atoms. The lowest BCUT2D eigenvalue weighted by Gasteiger charge is -2.20. The van der Waals surface area contributed by atoms with Crippen molar-refractivity contribution in [3.63, 3.8) is 0 Å². The summed E-state index contributed by atoms with van der Waals surface area (Å²) in [4.78, 5) is 4.31. The third kappa shape index (κ3) is 2.96. The number of nitrogens with one attached hydrogen (secondary N) is 1. The Balaban J connectivity index is 2.19. The fourth-order valence-corrected chi connectivity index (χ4v) is 1.69. The molecule has 0 saturated carbocycles. The summed E-state index contributed by atoms with van der Waals surface area (Å²) in [5.41, 5.74) is 2.44. The molecule has 0 spiro atoms. The Kier molecular flexibility index (Phi) is 3.48. The zero-order valence-electron chi connectivity index (χ0n) is 11.4. The lowest BCUT2D eigenvalue weighted by molar-refractivity contribution is 0.424. The summed E-state index contributed by atoms with van der Waals surface area (Å²) in [6.45, 7) is 9.37. The van der Waals surface area contributed by atoms with Gasteiger partial charge >= 0.3 is 0 Å². The van der Waals surface area contributed by atoms with Crippen LogP contribution in [0.5, 0.6) is 0 Å². The lowest BCUT2D eigenvalue weighted by atomic mass is 10.1. The van der Waals surface area contributed by atoms with Crippen molar-refractivity contribution in [2.45, 2.75) is 39.8 Å². The van der Waals surface area contributed by atoms with Crippen LogP contribution in [0.25, 0.3) is 5.82 Å². The van der Waals surface area contributed by atoms with Gasteiger partial charge in [-0.3, -0.25) is 0 Å². The summed E-state index contributed by atoms with van der Waals surface area (Å²) in [5, 5.41) is 7.87. The second-order valence-corrected chi connectivity index (χ2v) is 5.46. The van der Waals surface area contributed by atoms with Crippen LogP contribution in [0, 0.1) is 6.92 Å². The average molecular weight is 244 g/mol. The summed E-state index contributed by atoms with van der Waals surface area (Å²) in [6.07, 6.45) is 3.69. The van der Waals surface area contributed by atoms with E-state index in [4.69, 9.17) is 0 Å². The second kappa shape index (κ2) is 4.90. The van der Waals surface area contributed by atoms with Crippen molar-refractivity contribution in [2.24, 2.45) is 0 Å². The van der Waals surface area contributed by atoms with E-state index in [0.29, 0.717) is 0 Å². The number of nitrogens with zero attached hydrogens (tertiary/aromatic N) is 3. The SMILES string of the molecule is Cc1c(CNC(C)(C)C)cnn1-c1ccccn1. The smallest absolute Gasteiger partial charge is 0.153 e. The fourth-order valence-electron chi connectivity index (χ4n) is 1.69. The first-order valence-electron chi connectivity index (χ1n) is 6.17. The number of rotatable bonds is 3. The molecule has 0 atom stereocenters. The molecule has 0 unspecified atom stereocenters. The molecule has 0 aromatic carbocycles. The van der Waals surface area contributed by atoms with Crippen molar-refractivity contribution in [3.05, 3.63) is 41.9 Å². The average Bonchev–Trinajstić information content (AvgIpc) is 2.68. The maximum atomic E-state index is 4.40. The second-order valence-electron chi connectivity index (χ2n) is 5.46. The Hall–Kier alpha value is -1.68. The zero-order chi connectivity index (χ0) is 13.2. The van der Waals surface area contributed by atoms with E-state index in [1.54, 1.807) is 6.20 Å². The minimum Gasteiger partial charge on any atom is -0.308 e. The third-order valence-electron chi connectivity index (χ3n) is 2.79. The third-order valence-corrected chi connectivity index (χ3v) is 2.79. The predicted molar refractivity (Wildman–Crippen MR) is 72.7 cm³/mol. The lowest BCUT2D eigenvalue weighted by Crippen LogP contribution is -2.35. The van der Waals surface area contributed by atoms with E-state index in [9.17, 15) is 0 Å². The molecule has 4 heteroatoms. The summed E-state index contributed by atoms with van der Waals surface area (Å²) >= 11 is 0. The number of pyridine rings is 1. The molecule has 4 nitrogen and oxygen atoms in total. The van der Waals surface area contributed by atoms with Gasteiger partial charge in [0.2, 0.25) is 0 Å². The molecule has 0 radical (unpaired) electrons. The number of hydrogen-bond acceptors (Lipinski definition) is 3. The Bertz CT molecular complexity index is 508. The van der Waals surface area contributed by atoms with E-state index in [1.807, 2.05) is 29.1 Å². The molecule has 0 bridgehead atoms. The highest BCUT2D eigenvalue weighted by atomic mass is 15.3. The van der Waals surface area contributed by atoms with Crippen molar-refractivity contribution >= 4 is 0 Å². The van der Waals surface area contributed by atoms with Crippen molar-refractivity contribution in [1.29, 1.82) is 0 Å². The minimum atomic E-state index is 0.111. The van der Waals surface area contributed by atoms with Crippen LogP contribution in [0.2, 0.25) is 0 Å². The van der Waals surface area contributed by atoms with Gasteiger partial charge in [-0.2, -0.15) is 5.10 Å². The maximum absolute atomic E-state index is 4.40. The van der Waals surface area contributed by atoms with E-state index in [-0.39, 0.29) is 5.54 Å². The quantitative estimate of drug-likeness (QED) is 0.902.